The highest BCUT2D eigenvalue weighted by Crippen LogP contribution is 2.53. The van der Waals surface area contributed by atoms with Gasteiger partial charge >= 0.3 is 6.03 Å². The molecular formula is C37H50ClN5O5S. The molecule has 1 heterocycles. The number of ether oxygens (including phenoxy) is 2. The lowest BCUT2D eigenvalue weighted by Gasteiger charge is -2.23. The summed E-state index contributed by atoms with van der Waals surface area (Å²) in [6, 6.07) is 14.7. The number of halogens is 1. The number of nitrogens with zero attached hydrogens (tertiary/aromatic N) is 3. The van der Waals surface area contributed by atoms with Crippen molar-refractivity contribution in [2.75, 3.05) is 46.8 Å². The van der Waals surface area contributed by atoms with Crippen LogP contribution in [0, 0.1) is 0 Å². The van der Waals surface area contributed by atoms with Crippen molar-refractivity contribution in [2.24, 2.45) is 0 Å². The van der Waals surface area contributed by atoms with Crippen LogP contribution in [-0.2, 0) is 27.0 Å². The number of pyridine rings is 1. The Morgan fingerprint density at radius 2 is 1.69 bits per heavy atom. The predicted octanol–water partition coefficient (Wildman–Crippen LogP) is 6.58. The first-order valence-electron chi connectivity index (χ1n) is 17.4. The summed E-state index contributed by atoms with van der Waals surface area (Å²) in [6.45, 7) is 4.76. The fourth-order valence-electron chi connectivity index (χ4n) is 5.82. The molecule has 0 radical (unpaired) electrons. The molecule has 2 amide bonds. The number of nitrogens with one attached hydrogen (secondary N) is 2. The van der Waals surface area contributed by atoms with Crippen LogP contribution < -0.4 is 15.4 Å². The monoisotopic (exact) mass is 711 g/mol. The largest absolute Gasteiger partial charge is 0.490 e. The lowest BCUT2D eigenvalue weighted by atomic mass is 9.96. The van der Waals surface area contributed by atoms with E-state index in [-0.39, 0.29) is 23.6 Å². The number of sulfonamides is 1. The van der Waals surface area contributed by atoms with E-state index in [2.05, 4.69) is 26.6 Å². The van der Waals surface area contributed by atoms with Crippen LogP contribution in [0.5, 0.6) is 5.75 Å². The minimum Gasteiger partial charge on any atom is -0.490 e. The number of benzene rings is 2. The van der Waals surface area contributed by atoms with Gasteiger partial charge in [0.05, 0.1) is 23.2 Å². The van der Waals surface area contributed by atoms with Crippen molar-refractivity contribution in [3.05, 3.63) is 77.1 Å². The van der Waals surface area contributed by atoms with Gasteiger partial charge in [0.15, 0.2) is 0 Å². The van der Waals surface area contributed by atoms with Crippen molar-refractivity contribution in [1.82, 2.24) is 24.8 Å². The van der Waals surface area contributed by atoms with Crippen LogP contribution >= 0.6 is 11.6 Å². The molecule has 2 N–H and O–H groups in total. The molecule has 2 saturated carbocycles. The lowest BCUT2D eigenvalue weighted by Crippen LogP contribution is -2.37. The van der Waals surface area contributed by atoms with Crippen molar-refractivity contribution in [3.8, 4) is 16.9 Å². The number of unbranched alkanes of at least 4 members (excludes halogenated alkanes) is 2. The second-order valence-electron chi connectivity index (χ2n) is 13.2. The van der Waals surface area contributed by atoms with Gasteiger partial charge in [0, 0.05) is 54.7 Å². The standard InChI is InChI=1S/C37H50ClN5O5S/c1-4-43(24-10-8-21-41-36(44)40-20-7-9-23-42(2)3)49(45,46)30-15-16-34(38)28(25-30)27-47-37(18-19-37)33-26-39-22-17-31(33)32-11-5-6-12-35(32)48-29-13-14-29/h5-6,11-12,15-17,22,25-26,29H,4,7-10,13-14,18-21,23-24,27H2,1-3H3,(H2,40,41,44). The summed E-state index contributed by atoms with van der Waals surface area (Å²) in [6.07, 6.45) is 10.9. The molecule has 12 heteroatoms. The third-order valence-electron chi connectivity index (χ3n) is 8.96. The van der Waals surface area contributed by atoms with Gasteiger partial charge in [-0.3, -0.25) is 4.98 Å². The molecule has 266 valence electrons. The highest BCUT2D eigenvalue weighted by atomic mass is 35.5. The average Bonchev–Trinajstić information content (AvgIpc) is 4.03. The van der Waals surface area contributed by atoms with E-state index >= 15 is 0 Å². The zero-order chi connectivity index (χ0) is 34.9. The molecule has 2 aromatic carbocycles. The number of urea groups is 1. The van der Waals surface area contributed by atoms with Crippen LogP contribution in [0.25, 0.3) is 11.1 Å². The van der Waals surface area contributed by atoms with Gasteiger partial charge < -0.3 is 25.0 Å². The number of rotatable bonds is 20. The number of hydrogen-bond donors (Lipinski definition) is 2. The first-order chi connectivity index (χ1) is 23.6. The van der Waals surface area contributed by atoms with Gasteiger partial charge in [0.1, 0.15) is 5.75 Å². The molecule has 2 aliphatic rings. The minimum atomic E-state index is -3.77. The summed E-state index contributed by atoms with van der Waals surface area (Å²) in [4.78, 5) is 18.8. The Morgan fingerprint density at radius 1 is 0.980 bits per heavy atom. The van der Waals surface area contributed by atoms with E-state index in [0.29, 0.717) is 49.6 Å². The van der Waals surface area contributed by atoms with E-state index in [9.17, 15) is 13.2 Å². The summed E-state index contributed by atoms with van der Waals surface area (Å²) < 4.78 is 41.7. The van der Waals surface area contributed by atoms with Crippen molar-refractivity contribution in [1.29, 1.82) is 0 Å². The SMILES string of the molecule is CCN(CCCCNC(=O)NCCCCN(C)C)S(=O)(=O)c1ccc(Cl)c(COC2(c3cnccc3-c3ccccc3OC3CC3)CC2)c1. The lowest BCUT2D eigenvalue weighted by molar-refractivity contribution is 0.0173. The Balaban J connectivity index is 1.17. The van der Waals surface area contributed by atoms with Crippen LogP contribution in [0.1, 0.15) is 69.4 Å². The molecule has 0 spiro atoms. The van der Waals surface area contributed by atoms with E-state index in [4.69, 9.17) is 21.1 Å². The van der Waals surface area contributed by atoms with E-state index in [1.54, 1.807) is 24.4 Å². The fourth-order valence-corrected chi connectivity index (χ4v) is 7.53. The summed E-state index contributed by atoms with van der Waals surface area (Å²) in [5.41, 5.74) is 3.10. The van der Waals surface area contributed by atoms with Gasteiger partial charge in [-0.25, -0.2) is 13.2 Å². The van der Waals surface area contributed by atoms with Crippen molar-refractivity contribution in [2.45, 2.75) is 81.5 Å². The Hall–Kier alpha value is -3.22. The predicted molar refractivity (Wildman–Crippen MR) is 193 cm³/mol. The Morgan fingerprint density at radius 3 is 2.37 bits per heavy atom. The maximum Gasteiger partial charge on any atom is 0.314 e. The molecule has 0 bridgehead atoms. The van der Waals surface area contributed by atoms with E-state index in [1.165, 1.54) is 4.31 Å². The van der Waals surface area contributed by atoms with Gasteiger partial charge in [-0.2, -0.15) is 4.31 Å². The molecular weight excluding hydrogens is 662 g/mol. The Bertz CT molecular complexity index is 1660. The third kappa shape index (κ3) is 10.2. The number of amides is 2. The van der Waals surface area contributed by atoms with Crippen molar-refractivity contribution >= 4 is 27.7 Å². The molecule has 2 fully saturated rings. The van der Waals surface area contributed by atoms with Gasteiger partial charge in [-0.15, -0.1) is 0 Å². The zero-order valence-electron chi connectivity index (χ0n) is 28.9. The number of para-hydroxylation sites is 1. The zero-order valence-corrected chi connectivity index (χ0v) is 30.5. The van der Waals surface area contributed by atoms with Gasteiger partial charge in [0.2, 0.25) is 10.0 Å². The molecule has 5 rings (SSSR count). The quantitative estimate of drug-likeness (QED) is 0.127. The van der Waals surface area contributed by atoms with Crippen LogP contribution in [0.2, 0.25) is 5.02 Å². The van der Waals surface area contributed by atoms with Gasteiger partial charge in [0.25, 0.3) is 0 Å². The van der Waals surface area contributed by atoms with Gasteiger partial charge in [-0.05, 0) is 113 Å². The second kappa shape index (κ2) is 17.1. The average molecular weight is 712 g/mol. The van der Waals surface area contributed by atoms with Crippen LogP contribution in [0.3, 0.4) is 0 Å². The van der Waals surface area contributed by atoms with Crippen molar-refractivity contribution < 1.29 is 22.7 Å². The molecule has 0 atom stereocenters. The maximum absolute atomic E-state index is 13.7. The molecule has 0 unspecified atom stereocenters. The molecule has 2 aliphatic carbocycles. The summed E-state index contributed by atoms with van der Waals surface area (Å²) >= 11 is 6.60. The summed E-state index contributed by atoms with van der Waals surface area (Å²) in [5, 5.41) is 6.18. The molecule has 49 heavy (non-hydrogen) atoms. The topological polar surface area (TPSA) is 113 Å². The van der Waals surface area contributed by atoms with Crippen LogP contribution in [0.4, 0.5) is 4.79 Å². The molecule has 0 aliphatic heterocycles. The number of carbonyl (C=O) groups excluding carboxylic acids is 1. The number of hydrogen-bond acceptors (Lipinski definition) is 7. The first-order valence-corrected chi connectivity index (χ1v) is 19.2. The highest BCUT2D eigenvalue weighted by molar-refractivity contribution is 7.89. The van der Waals surface area contributed by atoms with Crippen molar-refractivity contribution in [3.63, 3.8) is 0 Å². The van der Waals surface area contributed by atoms with Crippen LogP contribution in [0.15, 0.2) is 65.8 Å². The third-order valence-corrected chi connectivity index (χ3v) is 11.3. The molecule has 0 saturated heterocycles. The van der Waals surface area contributed by atoms with E-state index in [1.807, 2.05) is 51.5 Å². The molecule has 10 nitrogen and oxygen atoms in total. The number of carbonyl (C=O) groups is 1. The normalized spacial score (nSPS) is 15.4. The van der Waals surface area contributed by atoms with E-state index < -0.39 is 15.6 Å². The molecule has 1 aromatic heterocycles. The first kappa shape index (κ1) is 37.0. The summed E-state index contributed by atoms with van der Waals surface area (Å²) in [7, 11) is 0.294. The maximum atomic E-state index is 13.7. The second-order valence-corrected chi connectivity index (χ2v) is 15.5. The van der Waals surface area contributed by atoms with Crippen LogP contribution in [-0.4, -0.2) is 81.6 Å². The van der Waals surface area contributed by atoms with E-state index in [0.717, 1.165) is 67.5 Å². The Labute approximate surface area is 296 Å². The smallest absolute Gasteiger partial charge is 0.314 e. The number of aromatic nitrogens is 1. The fraction of sp³-hybridized carbons (Fsp3) is 0.514. The Kier molecular flexibility index (Phi) is 13.0. The molecule has 3 aromatic rings. The highest BCUT2D eigenvalue weighted by Gasteiger charge is 2.48. The summed E-state index contributed by atoms with van der Waals surface area (Å²) in [5.74, 6) is 0.859. The minimum absolute atomic E-state index is 0.159. The van der Waals surface area contributed by atoms with Gasteiger partial charge in [-0.1, -0.05) is 36.7 Å².